The van der Waals surface area contributed by atoms with Gasteiger partial charge in [0.05, 0.1) is 28.0 Å². The standard InChI is InChI=1S/C26H24F3N3S/c1-16-13-20-22(14-17(16)2)31(18(3)30-20)11-6-12-32-21-7-4-5-8-24(21)33-25-10-9-19(15-23(25)32)26(27,28)29/h4-5,7-10,13-15H,6,11-12H2,1-3H3. The van der Waals surface area contributed by atoms with Crippen molar-refractivity contribution in [3.8, 4) is 0 Å². The van der Waals surface area contributed by atoms with Gasteiger partial charge in [-0.1, -0.05) is 23.9 Å². The minimum Gasteiger partial charge on any atom is -0.340 e. The van der Waals surface area contributed by atoms with Crippen molar-refractivity contribution >= 4 is 34.2 Å². The number of para-hydroxylation sites is 1. The van der Waals surface area contributed by atoms with Gasteiger partial charge in [-0.05, 0) is 80.8 Å². The van der Waals surface area contributed by atoms with E-state index in [4.69, 9.17) is 4.98 Å². The zero-order valence-corrected chi connectivity index (χ0v) is 19.5. The molecule has 0 N–H and O–H groups in total. The van der Waals surface area contributed by atoms with Crippen LogP contribution >= 0.6 is 11.8 Å². The Morgan fingerprint density at radius 1 is 0.848 bits per heavy atom. The van der Waals surface area contributed by atoms with Gasteiger partial charge in [-0.15, -0.1) is 0 Å². The molecule has 0 fully saturated rings. The number of imidazole rings is 1. The number of halogens is 3. The molecule has 3 aromatic carbocycles. The molecule has 0 spiro atoms. The molecule has 3 nitrogen and oxygen atoms in total. The number of fused-ring (bicyclic) bond motifs is 3. The van der Waals surface area contributed by atoms with Crippen LogP contribution < -0.4 is 4.90 Å². The highest BCUT2D eigenvalue weighted by Gasteiger charge is 2.33. The smallest absolute Gasteiger partial charge is 0.340 e. The monoisotopic (exact) mass is 467 g/mol. The van der Waals surface area contributed by atoms with E-state index in [0.717, 1.165) is 45.3 Å². The third kappa shape index (κ3) is 3.99. The lowest BCUT2D eigenvalue weighted by molar-refractivity contribution is -0.137. The van der Waals surface area contributed by atoms with Crippen LogP contribution in [-0.2, 0) is 12.7 Å². The van der Waals surface area contributed by atoms with Gasteiger partial charge in [0.1, 0.15) is 5.82 Å². The van der Waals surface area contributed by atoms with Crippen molar-refractivity contribution in [1.82, 2.24) is 9.55 Å². The minimum absolute atomic E-state index is 0.607. The van der Waals surface area contributed by atoms with E-state index in [2.05, 4.69) is 30.5 Å². The zero-order chi connectivity index (χ0) is 23.3. The van der Waals surface area contributed by atoms with Gasteiger partial charge in [-0.3, -0.25) is 0 Å². The van der Waals surface area contributed by atoms with Crippen LogP contribution in [0.3, 0.4) is 0 Å². The van der Waals surface area contributed by atoms with E-state index in [9.17, 15) is 13.2 Å². The van der Waals surface area contributed by atoms with Gasteiger partial charge in [0.15, 0.2) is 0 Å². The summed E-state index contributed by atoms with van der Waals surface area (Å²) >= 11 is 1.52. The number of nitrogens with zero attached hydrogens (tertiary/aromatic N) is 3. The first-order valence-corrected chi connectivity index (χ1v) is 11.7. The highest BCUT2D eigenvalue weighted by atomic mass is 32.2. The van der Waals surface area contributed by atoms with Crippen LogP contribution in [0.25, 0.3) is 11.0 Å². The molecule has 0 bridgehead atoms. The summed E-state index contributed by atoms with van der Waals surface area (Å²) in [5.41, 5.74) is 5.47. The molecule has 7 heteroatoms. The molecule has 0 saturated carbocycles. The van der Waals surface area contributed by atoms with Crippen molar-refractivity contribution in [3.05, 3.63) is 77.1 Å². The average Bonchev–Trinajstić information content (AvgIpc) is 3.06. The van der Waals surface area contributed by atoms with Crippen molar-refractivity contribution in [3.63, 3.8) is 0 Å². The molecule has 0 saturated heterocycles. The largest absolute Gasteiger partial charge is 0.416 e. The van der Waals surface area contributed by atoms with Gasteiger partial charge in [-0.25, -0.2) is 4.98 Å². The summed E-state index contributed by atoms with van der Waals surface area (Å²) < 4.78 is 42.5. The lowest BCUT2D eigenvalue weighted by atomic mass is 10.1. The number of hydrogen-bond acceptors (Lipinski definition) is 3. The molecule has 0 atom stereocenters. The van der Waals surface area contributed by atoms with Crippen molar-refractivity contribution in [2.45, 2.75) is 49.7 Å². The summed E-state index contributed by atoms with van der Waals surface area (Å²) in [7, 11) is 0. The zero-order valence-electron chi connectivity index (χ0n) is 18.7. The van der Waals surface area contributed by atoms with Gasteiger partial charge < -0.3 is 9.47 Å². The van der Waals surface area contributed by atoms with Crippen molar-refractivity contribution < 1.29 is 13.2 Å². The van der Waals surface area contributed by atoms with Gasteiger partial charge >= 0.3 is 6.18 Å². The lowest BCUT2D eigenvalue weighted by Gasteiger charge is -2.33. The molecule has 2 heterocycles. The van der Waals surface area contributed by atoms with E-state index < -0.39 is 11.7 Å². The third-order valence-corrected chi connectivity index (χ3v) is 7.40. The second-order valence-corrected chi connectivity index (χ2v) is 9.57. The van der Waals surface area contributed by atoms with Crippen molar-refractivity contribution in [1.29, 1.82) is 0 Å². The Labute approximate surface area is 195 Å². The molecular weight excluding hydrogens is 443 g/mol. The molecular formula is C26H24F3N3S. The molecule has 1 aliphatic heterocycles. The molecule has 4 aromatic rings. The number of benzene rings is 3. The highest BCUT2D eigenvalue weighted by molar-refractivity contribution is 7.99. The molecule has 1 aromatic heterocycles. The van der Waals surface area contributed by atoms with Crippen molar-refractivity contribution in [2.24, 2.45) is 0 Å². The van der Waals surface area contributed by atoms with E-state index in [1.165, 1.54) is 35.0 Å². The first-order chi connectivity index (χ1) is 15.7. The van der Waals surface area contributed by atoms with E-state index in [1.54, 1.807) is 6.07 Å². The topological polar surface area (TPSA) is 21.1 Å². The average molecular weight is 468 g/mol. The normalized spacial score (nSPS) is 13.3. The van der Waals surface area contributed by atoms with Crippen LogP contribution in [0.5, 0.6) is 0 Å². The third-order valence-electron chi connectivity index (χ3n) is 6.27. The predicted octanol–water partition coefficient (Wildman–Crippen LogP) is 7.67. The van der Waals surface area contributed by atoms with Crippen LogP contribution in [0, 0.1) is 20.8 Å². The Morgan fingerprint density at radius 2 is 1.58 bits per heavy atom. The Hall–Kier alpha value is -2.93. The second kappa shape index (κ2) is 8.13. The maximum atomic E-state index is 13.4. The first kappa shape index (κ1) is 21.9. The predicted molar refractivity (Wildman–Crippen MR) is 128 cm³/mol. The molecule has 33 heavy (non-hydrogen) atoms. The first-order valence-electron chi connectivity index (χ1n) is 10.9. The van der Waals surface area contributed by atoms with Crippen LogP contribution in [0.1, 0.15) is 28.9 Å². The summed E-state index contributed by atoms with van der Waals surface area (Å²) in [5.74, 6) is 0.948. The van der Waals surface area contributed by atoms with E-state index >= 15 is 0 Å². The van der Waals surface area contributed by atoms with Crippen LogP contribution in [-0.4, -0.2) is 16.1 Å². The summed E-state index contributed by atoms with van der Waals surface area (Å²) in [4.78, 5) is 8.64. The van der Waals surface area contributed by atoms with Gasteiger partial charge in [0, 0.05) is 22.9 Å². The van der Waals surface area contributed by atoms with Gasteiger partial charge in [-0.2, -0.15) is 13.2 Å². The molecule has 0 unspecified atom stereocenters. The molecule has 5 rings (SSSR count). The van der Waals surface area contributed by atoms with Crippen LogP contribution in [0.4, 0.5) is 24.5 Å². The number of anilines is 2. The van der Waals surface area contributed by atoms with E-state index in [0.29, 0.717) is 12.2 Å². The van der Waals surface area contributed by atoms with Crippen molar-refractivity contribution in [2.75, 3.05) is 11.4 Å². The van der Waals surface area contributed by atoms with E-state index in [-0.39, 0.29) is 0 Å². The molecule has 0 radical (unpaired) electrons. The molecule has 1 aliphatic rings. The van der Waals surface area contributed by atoms with E-state index in [1.807, 2.05) is 36.1 Å². The summed E-state index contributed by atoms with van der Waals surface area (Å²) in [6.07, 6.45) is -3.60. The summed E-state index contributed by atoms with van der Waals surface area (Å²) in [6.45, 7) is 7.53. The summed E-state index contributed by atoms with van der Waals surface area (Å²) in [6, 6.07) is 16.2. The Bertz CT molecular complexity index is 1360. The van der Waals surface area contributed by atoms with Gasteiger partial charge in [0.25, 0.3) is 0 Å². The SMILES string of the molecule is Cc1cc2nc(C)n(CCCN3c4ccccc4Sc4ccc(C(F)(F)F)cc43)c2cc1C. The number of rotatable bonds is 4. The Kier molecular flexibility index (Phi) is 5.40. The fourth-order valence-corrected chi connectivity index (χ4v) is 5.49. The van der Waals surface area contributed by atoms with Gasteiger partial charge in [0.2, 0.25) is 0 Å². The number of alkyl halides is 3. The lowest BCUT2D eigenvalue weighted by Crippen LogP contribution is -2.23. The number of aromatic nitrogens is 2. The molecule has 0 aliphatic carbocycles. The molecule has 0 amide bonds. The summed E-state index contributed by atoms with van der Waals surface area (Å²) in [5, 5.41) is 0. The van der Waals surface area contributed by atoms with Crippen LogP contribution in [0.15, 0.2) is 64.4 Å². The fourth-order valence-electron chi connectivity index (χ4n) is 4.42. The quantitative estimate of drug-likeness (QED) is 0.307. The Morgan fingerprint density at radius 3 is 2.36 bits per heavy atom. The molecule has 170 valence electrons. The highest BCUT2D eigenvalue weighted by Crippen LogP contribution is 2.49. The second-order valence-electron chi connectivity index (χ2n) is 8.49. The number of hydrogen-bond donors (Lipinski definition) is 0. The fraction of sp³-hybridized carbons (Fsp3) is 0.269. The van der Waals surface area contributed by atoms with Crippen LogP contribution in [0.2, 0.25) is 0 Å². The maximum Gasteiger partial charge on any atom is 0.416 e. The minimum atomic E-state index is -4.37. The maximum absolute atomic E-state index is 13.4. The Balaban J connectivity index is 1.46. The number of aryl methyl sites for hydroxylation is 4.